The summed E-state index contributed by atoms with van der Waals surface area (Å²) in [4.78, 5) is 16.5. The number of pyridine rings is 1. The maximum atomic E-state index is 12.0. The summed E-state index contributed by atoms with van der Waals surface area (Å²) in [5.74, 6) is 0.277. The van der Waals surface area contributed by atoms with Gasteiger partial charge in [0.25, 0.3) is 0 Å². The highest BCUT2D eigenvalue weighted by Crippen LogP contribution is 2.21. The minimum atomic E-state index is -0.218. The normalized spacial score (nSPS) is 11.2. The second kappa shape index (κ2) is 17.1. The second-order valence-electron chi connectivity index (χ2n) is 8.48. The number of aromatic nitrogens is 1. The summed E-state index contributed by atoms with van der Waals surface area (Å²) in [5.41, 5.74) is 3.29. The average molecular weight is 452 g/mol. The van der Waals surface area contributed by atoms with Crippen molar-refractivity contribution in [3.05, 3.63) is 60.3 Å². The van der Waals surface area contributed by atoms with Crippen molar-refractivity contribution in [2.24, 2.45) is 0 Å². The van der Waals surface area contributed by atoms with Crippen molar-refractivity contribution in [1.82, 2.24) is 4.98 Å². The summed E-state index contributed by atoms with van der Waals surface area (Å²) in [6.45, 7) is 6.08. The van der Waals surface area contributed by atoms with Crippen molar-refractivity contribution in [3.8, 4) is 17.0 Å². The quantitative estimate of drug-likeness (QED) is 0.140. The zero-order chi connectivity index (χ0) is 23.6. The van der Waals surface area contributed by atoms with Crippen LogP contribution in [0.5, 0.6) is 5.75 Å². The van der Waals surface area contributed by atoms with Crippen LogP contribution in [0.25, 0.3) is 11.3 Å². The Kier molecular flexibility index (Phi) is 13.9. The largest absolute Gasteiger partial charge is 0.425 e. The number of ether oxygens (including phenoxy) is 2. The predicted octanol–water partition coefficient (Wildman–Crippen LogP) is 7.71. The van der Waals surface area contributed by atoms with Crippen LogP contribution >= 0.6 is 0 Å². The van der Waals surface area contributed by atoms with Crippen molar-refractivity contribution in [3.63, 3.8) is 0 Å². The van der Waals surface area contributed by atoms with Crippen molar-refractivity contribution in [2.45, 2.75) is 84.5 Å². The van der Waals surface area contributed by atoms with Crippen molar-refractivity contribution in [1.29, 1.82) is 0 Å². The topological polar surface area (TPSA) is 48.4 Å². The molecule has 0 unspecified atom stereocenters. The first-order valence-electron chi connectivity index (χ1n) is 12.7. The van der Waals surface area contributed by atoms with Crippen LogP contribution in [-0.4, -0.2) is 24.2 Å². The molecule has 1 aromatic heterocycles. The maximum Gasteiger partial charge on any atom is 0.311 e. The van der Waals surface area contributed by atoms with E-state index >= 15 is 0 Å². The van der Waals surface area contributed by atoms with E-state index in [1.807, 2.05) is 12.1 Å². The van der Waals surface area contributed by atoms with Gasteiger partial charge in [-0.05, 0) is 62.6 Å². The zero-order valence-corrected chi connectivity index (χ0v) is 20.6. The molecular formula is C29H41NO3. The number of hydrogen-bond acceptors (Lipinski definition) is 4. The van der Waals surface area contributed by atoms with Gasteiger partial charge in [-0.1, -0.05) is 69.5 Å². The number of aryl methyl sites for hydroxylation is 1. The van der Waals surface area contributed by atoms with Crippen LogP contribution in [0.15, 0.2) is 54.7 Å². The van der Waals surface area contributed by atoms with Crippen LogP contribution in [0.4, 0.5) is 0 Å². The van der Waals surface area contributed by atoms with Gasteiger partial charge in [0.05, 0.1) is 11.9 Å². The number of allylic oxidation sites excluding steroid dienone is 2. The van der Waals surface area contributed by atoms with Gasteiger partial charge in [-0.15, -0.1) is 0 Å². The fraction of sp³-hybridized carbons (Fsp3) is 0.517. The van der Waals surface area contributed by atoms with Crippen molar-refractivity contribution >= 4 is 5.97 Å². The van der Waals surface area contributed by atoms with Gasteiger partial charge in [0.2, 0.25) is 0 Å². The highest BCUT2D eigenvalue weighted by Gasteiger charge is 2.06. The van der Waals surface area contributed by atoms with E-state index in [0.717, 1.165) is 56.6 Å². The van der Waals surface area contributed by atoms with Gasteiger partial charge in [0, 0.05) is 25.2 Å². The Bertz CT molecular complexity index is 797. The molecule has 0 saturated heterocycles. The highest BCUT2D eigenvalue weighted by atomic mass is 16.5. The molecule has 0 amide bonds. The summed E-state index contributed by atoms with van der Waals surface area (Å²) in [7, 11) is 0. The SMILES string of the molecule is CCCCC/C=C/CCC(=O)Oc1ccc(-c2ccc(CCCCCOCCC)cc2)nc1. The Balaban J connectivity index is 1.69. The minimum Gasteiger partial charge on any atom is -0.425 e. The van der Waals surface area contributed by atoms with E-state index in [2.05, 4.69) is 55.2 Å². The monoisotopic (exact) mass is 451 g/mol. The molecule has 1 aromatic carbocycles. The van der Waals surface area contributed by atoms with E-state index in [4.69, 9.17) is 9.47 Å². The van der Waals surface area contributed by atoms with E-state index < -0.39 is 0 Å². The van der Waals surface area contributed by atoms with E-state index in [1.165, 1.54) is 37.7 Å². The first-order chi connectivity index (χ1) is 16.2. The van der Waals surface area contributed by atoms with Crippen LogP contribution in [0.1, 0.15) is 83.6 Å². The zero-order valence-electron chi connectivity index (χ0n) is 20.6. The molecule has 0 spiro atoms. The standard InChI is InChI=1S/C29H41NO3/c1-3-5-6-7-8-9-12-15-29(31)33-27-20-21-28(30-24-27)26-18-16-25(17-19-26)14-11-10-13-23-32-22-4-2/h8-9,16-21,24H,3-7,10-15,22-23H2,1-2H3/b9-8+. The molecule has 33 heavy (non-hydrogen) atoms. The van der Waals surface area contributed by atoms with Gasteiger partial charge in [-0.25, -0.2) is 0 Å². The van der Waals surface area contributed by atoms with Crippen LogP contribution in [0.3, 0.4) is 0 Å². The lowest BCUT2D eigenvalue weighted by atomic mass is 10.0. The molecule has 0 aliphatic rings. The number of rotatable bonds is 17. The molecule has 2 aromatic rings. The lowest BCUT2D eigenvalue weighted by Gasteiger charge is -2.07. The molecule has 4 nitrogen and oxygen atoms in total. The van der Waals surface area contributed by atoms with Gasteiger partial charge >= 0.3 is 5.97 Å². The van der Waals surface area contributed by atoms with Crippen molar-refractivity contribution in [2.75, 3.05) is 13.2 Å². The van der Waals surface area contributed by atoms with Crippen LogP contribution < -0.4 is 4.74 Å². The number of benzene rings is 1. The molecule has 0 radical (unpaired) electrons. The highest BCUT2D eigenvalue weighted by molar-refractivity contribution is 5.72. The summed E-state index contributed by atoms with van der Waals surface area (Å²) < 4.78 is 10.9. The van der Waals surface area contributed by atoms with Gasteiger partial charge in [0.15, 0.2) is 0 Å². The fourth-order valence-corrected chi connectivity index (χ4v) is 3.54. The number of carbonyl (C=O) groups excluding carboxylic acids is 1. The molecule has 1 heterocycles. The molecule has 2 rings (SSSR count). The Morgan fingerprint density at radius 3 is 2.39 bits per heavy atom. The van der Waals surface area contributed by atoms with Crippen LogP contribution in [0, 0.1) is 0 Å². The van der Waals surface area contributed by atoms with Gasteiger partial charge < -0.3 is 9.47 Å². The summed E-state index contributed by atoms with van der Waals surface area (Å²) in [5, 5.41) is 0. The minimum absolute atomic E-state index is 0.218. The summed E-state index contributed by atoms with van der Waals surface area (Å²) >= 11 is 0. The van der Waals surface area contributed by atoms with E-state index in [-0.39, 0.29) is 5.97 Å². The number of nitrogens with zero attached hydrogens (tertiary/aromatic N) is 1. The van der Waals surface area contributed by atoms with Crippen LogP contribution in [0.2, 0.25) is 0 Å². The average Bonchev–Trinajstić information content (AvgIpc) is 2.84. The van der Waals surface area contributed by atoms with Crippen LogP contribution in [-0.2, 0) is 16.0 Å². The van der Waals surface area contributed by atoms with E-state index in [0.29, 0.717) is 12.2 Å². The van der Waals surface area contributed by atoms with E-state index in [9.17, 15) is 4.79 Å². The molecule has 0 saturated carbocycles. The predicted molar refractivity (Wildman–Crippen MR) is 136 cm³/mol. The molecule has 0 atom stereocenters. The Hall–Kier alpha value is -2.46. The molecule has 180 valence electrons. The third kappa shape index (κ3) is 11.8. The molecule has 0 aliphatic carbocycles. The Morgan fingerprint density at radius 1 is 0.848 bits per heavy atom. The lowest BCUT2D eigenvalue weighted by Crippen LogP contribution is -2.07. The number of esters is 1. The second-order valence-corrected chi connectivity index (χ2v) is 8.48. The summed E-state index contributed by atoms with van der Waals surface area (Å²) in [6.07, 6.45) is 17.4. The summed E-state index contributed by atoms with van der Waals surface area (Å²) in [6, 6.07) is 12.3. The number of unbranched alkanes of at least 4 members (excludes halogenated alkanes) is 5. The fourth-order valence-electron chi connectivity index (χ4n) is 3.54. The molecule has 4 heteroatoms. The molecule has 0 fully saturated rings. The van der Waals surface area contributed by atoms with E-state index in [1.54, 1.807) is 6.20 Å². The third-order valence-corrected chi connectivity index (χ3v) is 5.48. The van der Waals surface area contributed by atoms with Gasteiger partial charge in [-0.2, -0.15) is 0 Å². The molecular weight excluding hydrogens is 410 g/mol. The molecule has 0 N–H and O–H groups in total. The molecule has 0 bridgehead atoms. The maximum absolute atomic E-state index is 12.0. The lowest BCUT2D eigenvalue weighted by molar-refractivity contribution is -0.134. The number of hydrogen-bond donors (Lipinski definition) is 0. The molecule has 0 aliphatic heterocycles. The van der Waals surface area contributed by atoms with Gasteiger partial charge in [0.1, 0.15) is 5.75 Å². The number of carbonyl (C=O) groups is 1. The Labute approximate surface area is 200 Å². The third-order valence-electron chi connectivity index (χ3n) is 5.48. The Morgan fingerprint density at radius 2 is 1.67 bits per heavy atom. The van der Waals surface area contributed by atoms with Gasteiger partial charge in [-0.3, -0.25) is 9.78 Å². The first-order valence-corrected chi connectivity index (χ1v) is 12.7. The first kappa shape index (κ1) is 26.8. The van der Waals surface area contributed by atoms with Crippen molar-refractivity contribution < 1.29 is 14.3 Å². The smallest absolute Gasteiger partial charge is 0.311 e.